The fraction of sp³-hybridized carbons (Fsp3) is 0.375. The molecule has 0 aliphatic heterocycles. The van der Waals surface area contributed by atoms with E-state index in [1.54, 1.807) is 6.08 Å². The molecule has 0 amide bonds. The van der Waals surface area contributed by atoms with Gasteiger partial charge in [0.2, 0.25) is 0 Å². The van der Waals surface area contributed by atoms with Crippen LogP contribution in [0.5, 0.6) is 0 Å². The van der Waals surface area contributed by atoms with Gasteiger partial charge in [0.05, 0.1) is 5.92 Å². The third kappa shape index (κ3) is 4.28. The van der Waals surface area contributed by atoms with E-state index in [1.807, 2.05) is 37.3 Å². The van der Waals surface area contributed by atoms with Crippen LogP contribution in [0.1, 0.15) is 31.7 Å². The van der Waals surface area contributed by atoms with Crippen LogP contribution < -0.4 is 0 Å². The van der Waals surface area contributed by atoms with Crippen molar-refractivity contribution >= 4 is 11.6 Å². The summed E-state index contributed by atoms with van der Waals surface area (Å²) in [5.41, 5.74) is 1.03. The van der Waals surface area contributed by atoms with Crippen molar-refractivity contribution in [2.24, 2.45) is 5.92 Å². The molecule has 0 saturated heterocycles. The molecule has 0 bridgehead atoms. The minimum absolute atomic E-state index is 0.0210. The van der Waals surface area contributed by atoms with E-state index in [-0.39, 0.29) is 18.0 Å². The minimum atomic E-state index is -0.509. The van der Waals surface area contributed by atoms with Crippen LogP contribution in [0.4, 0.5) is 0 Å². The van der Waals surface area contributed by atoms with Crippen molar-refractivity contribution in [2.75, 3.05) is 0 Å². The summed E-state index contributed by atoms with van der Waals surface area (Å²) >= 11 is 0. The molecule has 0 aliphatic carbocycles. The fourth-order valence-corrected chi connectivity index (χ4v) is 1.96. The predicted octanol–water partition coefficient (Wildman–Crippen LogP) is 3.36. The van der Waals surface area contributed by atoms with Gasteiger partial charge in [-0.1, -0.05) is 43.3 Å². The van der Waals surface area contributed by atoms with Gasteiger partial charge in [0.1, 0.15) is 11.6 Å². The summed E-state index contributed by atoms with van der Waals surface area (Å²) in [6.07, 6.45) is 3.60. The van der Waals surface area contributed by atoms with Crippen LogP contribution in [0.15, 0.2) is 43.0 Å². The lowest BCUT2D eigenvalue weighted by atomic mass is 9.88. The second kappa shape index (κ2) is 7.59. The SMILES string of the molecule is C=CCC(=O)C(Cc1ccccc1)C(=O)CCC. The molecule has 1 aromatic rings. The Balaban J connectivity index is 2.80. The maximum absolute atomic E-state index is 12.0. The zero-order valence-corrected chi connectivity index (χ0v) is 10.9. The van der Waals surface area contributed by atoms with Gasteiger partial charge in [0.15, 0.2) is 0 Å². The second-order valence-corrected chi connectivity index (χ2v) is 4.42. The molecule has 0 heterocycles. The first-order valence-electron chi connectivity index (χ1n) is 6.39. The number of carbonyl (C=O) groups is 2. The van der Waals surface area contributed by atoms with Gasteiger partial charge in [-0.2, -0.15) is 0 Å². The normalized spacial score (nSPS) is 11.8. The van der Waals surface area contributed by atoms with E-state index in [1.165, 1.54) is 0 Å². The number of benzene rings is 1. The van der Waals surface area contributed by atoms with Gasteiger partial charge in [-0.25, -0.2) is 0 Å². The molecule has 1 aromatic carbocycles. The van der Waals surface area contributed by atoms with Crippen LogP contribution in [-0.4, -0.2) is 11.6 Å². The Hall–Kier alpha value is -1.70. The number of carbonyl (C=O) groups excluding carboxylic acids is 2. The molecule has 2 nitrogen and oxygen atoms in total. The number of ketones is 2. The van der Waals surface area contributed by atoms with Gasteiger partial charge in [-0.3, -0.25) is 9.59 Å². The Labute approximate surface area is 109 Å². The van der Waals surface area contributed by atoms with Crippen LogP contribution in [0.3, 0.4) is 0 Å². The van der Waals surface area contributed by atoms with Crippen LogP contribution in [0, 0.1) is 5.92 Å². The van der Waals surface area contributed by atoms with Gasteiger partial charge in [0.25, 0.3) is 0 Å². The highest BCUT2D eigenvalue weighted by molar-refractivity contribution is 6.03. The zero-order chi connectivity index (χ0) is 13.4. The second-order valence-electron chi connectivity index (χ2n) is 4.42. The third-order valence-corrected chi connectivity index (χ3v) is 2.90. The average molecular weight is 244 g/mol. The Morgan fingerprint density at radius 1 is 1.22 bits per heavy atom. The molecular weight excluding hydrogens is 224 g/mol. The summed E-state index contributed by atoms with van der Waals surface area (Å²) < 4.78 is 0. The topological polar surface area (TPSA) is 34.1 Å². The first-order chi connectivity index (χ1) is 8.69. The molecule has 0 saturated carbocycles. The molecule has 0 fully saturated rings. The molecule has 1 unspecified atom stereocenters. The zero-order valence-electron chi connectivity index (χ0n) is 10.9. The predicted molar refractivity (Wildman–Crippen MR) is 73.4 cm³/mol. The number of allylic oxidation sites excluding steroid dienone is 1. The summed E-state index contributed by atoms with van der Waals surface area (Å²) in [4.78, 5) is 24.0. The number of Topliss-reactive ketones (excluding diaryl/α,β-unsaturated/α-hetero) is 2. The quantitative estimate of drug-likeness (QED) is 0.519. The van der Waals surface area contributed by atoms with E-state index in [0.29, 0.717) is 12.8 Å². The first kappa shape index (κ1) is 14.4. The Morgan fingerprint density at radius 3 is 2.44 bits per heavy atom. The number of hydrogen-bond acceptors (Lipinski definition) is 2. The highest BCUT2D eigenvalue weighted by atomic mass is 16.1. The van der Waals surface area contributed by atoms with Crippen molar-refractivity contribution < 1.29 is 9.59 Å². The van der Waals surface area contributed by atoms with Gasteiger partial charge < -0.3 is 0 Å². The third-order valence-electron chi connectivity index (χ3n) is 2.90. The van der Waals surface area contributed by atoms with E-state index in [4.69, 9.17) is 0 Å². The molecule has 0 N–H and O–H groups in total. The monoisotopic (exact) mass is 244 g/mol. The molecule has 1 atom stereocenters. The van der Waals surface area contributed by atoms with Crippen molar-refractivity contribution in [3.05, 3.63) is 48.6 Å². The molecule has 2 heteroatoms. The molecule has 0 radical (unpaired) electrons. The molecule has 1 rings (SSSR count). The summed E-state index contributed by atoms with van der Waals surface area (Å²) in [6, 6.07) is 9.68. The number of hydrogen-bond donors (Lipinski definition) is 0. The maximum atomic E-state index is 12.0. The maximum Gasteiger partial charge on any atom is 0.147 e. The van der Waals surface area contributed by atoms with Gasteiger partial charge in [-0.15, -0.1) is 6.58 Å². The van der Waals surface area contributed by atoms with Crippen molar-refractivity contribution in [3.63, 3.8) is 0 Å². The minimum Gasteiger partial charge on any atom is -0.299 e. The molecule has 18 heavy (non-hydrogen) atoms. The van der Waals surface area contributed by atoms with Crippen molar-refractivity contribution in [1.82, 2.24) is 0 Å². The van der Waals surface area contributed by atoms with Crippen molar-refractivity contribution in [1.29, 1.82) is 0 Å². The Bertz CT molecular complexity index is 406. The van der Waals surface area contributed by atoms with E-state index >= 15 is 0 Å². The fourth-order valence-electron chi connectivity index (χ4n) is 1.96. The van der Waals surface area contributed by atoms with Gasteiger partial charge >= 0.3 is 0 Å². The molecular formula is C16H20O2. The van der Waals surface area contributed by atoms with E-state index in [0.717, 1.165) is 12.0 Å². The largest absolute Gasteiger partial charge is 0.299 e. The molecule has 0 aromatic heterocycles. The average Bonchev–Trinajstić information content (AvgIpc) is 2.37. The molecule has 0 spiro atoms. The van der Waals surface area contributed by atoms with Crippen LogP contribution in [0.25, 0.3) is 0 Å². The number of rotatable bonds is 8. The summed E-state index contributed by atoms with van der Waals surface area (Å²) in [5.74, 6) is -0.481. The first-order valence-corrected chi connectivity index (χ1v) is 6.39. The van der Waals surface area contributed by atoms with E-state index < -0.39 is 5.92 Å². The van der Waals surface area contributed by atoms with E-state index in [2.05, 4.69) is 6.58 Å². The lowest BCUT2D eigenvalue weighted by Crippen LogP contribution is -2.25. The van der Waals surface area contributed by atoms with E-state index in [9.17, 15) is 9.59 Å². The summed E-state index contributed by atoms with van der Waals surface area (Å²) in [6.45, 7) is 5.52. The highest BCUT2D eigenvalue weighted by Gasteiger charge is 2.24. The highest BCUT2D eigenvalue weighted by Crippen LogP contribution is 2.15. The van der Waals surface area contributed by atoms with Crippen molar-refractivity contribution in [3.8, 4) is 0 Å². The summed E-state index contributed by atoms with van der Waals surface area (Å²) in [7, 11) is 0. The summed E-state index contributed by atoms with van der Waals surface area (Å²) in [5, 5.41) is 0. The molecule has 96 valence electrons. The Morgan fingerprint density at radius 2 is 1.89 bits per heavy atom. The lowest BCUT2D eigenvalue weighted by Gasteiger charge is -2.13. The lowest BCUT2D eigenvalue weighted by molar-refractivity contribution is -0.132. The van der Waals surface area contributed by atoms with Crippen LogP contribution in [-0.2, 0) is 16.0 Å². The van der Waals surface area contributed by atoms with Gasteiger partial charge in [-0.05, 0) is 18.4 Å². The van der Waals surface area contributed by atoms with Gasteiger partial charge in [0, 0.05) is 12.8 Å². The molecule has 0 aliphatic rings. The van der Waals surface area contributed by atoms with Crippen LogP contribution >= 0.6 is 0 Å². The van der Waals surface area contributed by atoms with Crippen molar-refractivity contribution in [2.45, 2.75) is 32.6 Å². The van der Waals surface area contributed by atoms with Crippen LogP contribution in [0.2, 0.25) is 0 Å². The Kier molecular flexibility index (Phi) is 6.06. The standard InChI is InChI=1S/C16H20O2/c1-3-8-15(17)14(16(18)9-4-2)12-13-10-6-5-7-11-13/h3,5-7,10-11,14H,1,4,8-9,12H2,2H3. The smallest absolute Gasteiger partial charge is 0.147 e.